The third-order valence-electron chi connectivity index (χ3n) is 3.49. The molecule has 0 amide bonds. The third kappa shape index (κ3) is 4.79. The smallest absolute Gasteiger partial charge is 0.0233 e. The third-order valence-corrected chi connectivity index (χ3v) is 3.49. The van der Waals surface area contributed by atoms with Gasteiger partial charge >= 0.3 is 0 Å². The zero-order valence-electron chi connectivity index (χ0n) is 12.4. The fourth-order valence-corrected chi connectivity index (χ4v) is 2.09. The maximum Gasteiger partial charge on any atom is 0.0233 e. The summed E-state index contributed by atoms with van der Waals surface area (Å²) in [4.78, 5) is 2.47. The van der Waals surface area contributed by atoms with Crippen molar-refractivity contribution in [2.45, 2.75) is 40.7 Å². The van der Waals surface area contributed by atoms with Gasteiger partial charge in [-0.3, -0.25) is 4.90 Å². The number of hydrogen-bond donors (Lipinski definition) is 1. The molecule has 2 heteroatoms. The van der Waals surface area contributed by atoms with Crippen molar-refractivity contribution in [3.8, 4) is 0 Å². The van der Waals surface area contributed by atoms with Crippen molar-refractivity contribution in [1.82, 2.24) is 4.90 Å². The van der Waals surface area contributed by atoms with Crippen LogP contribution in [-0.2, 0) is 13.0 Å². The Balaban J connectivity index is 2.62. The Morgan fingerprint density at radius 3 is 2.06 bits per heavy atom. The van der Waals surface area contributed by atoms with Crippen LogP contribution in [0.3, 0.4) is 0 Å². The molecule has 2 N–H and O–H groups in total. The van der Waals surface area contributed by atoms with Crippen LogP contribution in [0.25, 0.3) is 0 Å². The summed E-state index contributed by atoms with van der Waals surface area (Å²) >= 11 is 0. The Hall–Kier alpha value is -0.860. The van der Waals surface area contributed by atoms with Crippen molar-refractivity contribution in [3.05, 3.63) is 35.4 Å². The first kappa shape index (κ1) is 15.2. The van der Waals surface area contributed by atoms with Crippen molar-refractivity contribution in [2.24, 2.45) is 11.1 Å². The molecule has 0 aliphatic carbocycles. The van der Waals surface area contributed by atoms with Crippen molar-refractivity contribution in [3.63, 3.8) is 0 Å². The summed E-state index contributed by atoms with van der Waals surface area (Å²) in [6.07, 6.45) is 1.11. The zero-order valence-corrected chi connectivity index (χ0v) is 12.4. The molecule has 0 spiro atoms. The monoisotopic (exact) mass is 248 g/mol. The van der Waals surface area contributed by atoms with Gasteiger partial charge in [0.05, 0.1) is 0 Å². The number of benzene rings is 1. The van der Waals surface area contributed by atoms with Crippen LogP contribution in [0.4, 0.5) is 0 Å². The van der Waals surface area contributed by atoms with Gasteiger partial charge in [0.25, 0.3) is 0 Å². The van der Waals surface area contributed by atoms with Crippen molar-refractivity contribution >= 4 is 0 Å². The number of nitrogens with two attached hydrogens (primary N) is 1. The summed E-state index contributed by atoms with van der Waals surface area (Å²) in [6.45, 7) is 12.7. The molecule has 1 aromatic rings. The SMILES string of the molecule is CCc1ccc(CN(CC)CC(C)(C)CN)cc1. The van der Waals surface area contributed by atoms with E-state index in [2.05, 4.69) is 56.9 Å². The molecule has 0 fully saturated rings. The van der Waals surface area contributed by atoms with Gasteiger partial charge in [0.1, 0.15) is 0 Å². The normalized spacial score (nSPS) is 12.1. The molecule has 0 heterocycles. The van der Waals surface area contributed by atoms with Crippen LogP contribution in [0, 0.1) is 5.41 Å². The van der Waals surface area contributed by atoms with Gasteiger partial charge in [-0.25, -0.2) is 0 Å². The van der Waals surface area contributed by atoms with Crippen LogP contribution in [0.15, 0.2) is 24.3 Å². The number of hydrogen-bond acceptors (Lipinski definition) is 2. The highest BCUT2D eigenvalue weighted by atomic mass is 15.1. The average molecular weight is 248 g/mol. The molecular formula is C16H28N2. The second-order valence-corrected chi connectivity index (χ2v) is 5.84. The van der Waals surface area contributed by atoms with E-state index >= 15 is 0 Å². The summed E-state index contributed by atoms with van der Waals surface area (Å²) in [6, 6.07) is 8.96. The van der Waals surface area contributed by atoms with Crippen molar-refractivity contribution in [2.75, 3.05) is 19.6 Å². The molecule has 0 bridgehead atoms. The van der Waals surface area contributed by atoms with Gasteiger partial charge in [0.15, 0.2) is 0 Å². The Morgan fingerprint density at radius 2 is 1.61 bits per heavy atom. The Kier molecular flexibility index (Phi) is 5.83. The largest absolute Gasteiger partial charge is 0.330 e. The van der Waals surface area contributed by atoms with E-state index in [0.717, 1.165) is 32.6 Å². The molecule has 102 valence electrons. The van der Waals surface area contributed by atoms with Crippen LogP contribution in [0.2, 0.25) is 0 Å². The van der Waals surface area contributed by atoms with Crippen LogP contribution >= 0.6 is 0 Å². The van der Waals surface area contributed by atoms with Crippen molar-refractivity contribution in [1.29, 1.82) is 0 Å². The Labute approximate surface area is 112 Å². The Bertz CT molecular complexity index is 341. The van der Waals surface area contributed by atoms with E-state index in [4.69, 9.17) is 5.73 Å². The van der Waals surface area contributed by atoms with Crippen LogP contribution in [-0.4, -0.2) is 24.5 Å². The van der Waals surface area contributed by atoms with E-state index in [-0.39, 0.29) is 5.41 Å². The van der Waals surface area contributed by atoms with Gasteiger partial charge in [0, 0.05) is 13.1 Å². The van der Waals surface area contributed by atoms with Gasteiger partial charge in [0.2, 0.25) is 0 Å². The molecule has 2 nitrogen and oxygen atoms in total. The minimum atomic E-state index is 0.194. The van der Waals surface area contributed by atoms with E-state index in [9.17, 15) is 0 Å². The van der Waals surface area contributed by atoms with Gasteiger partial charge in [-0.1, -0.05) is 52.0 Å². The fourth-order valence-electron chi connectivity index (χ4n) is 2.09. The van der Waals surface area contributed by atoms with Crippen LogP contribution < -0.4 is 5.73 Å². The number of nitrogens with zero attached hydrogens (tertiary/aromatic N) is 1. The maximum absolute atomic E-state index is 5.81. The Morgan fingerprint density at radius 1 is 1.06 bits per heavy atom. The highest BCUT2D eigenvalue weighted by Crippen LogP contribution is 2.17. The van der Waals surface area contributed by atoms with E-state index in [0.29, 0.717) is 0 Å². The molecule has 1 aromatic carbocycles. The highest BCUT2D eigenvalue weighted by Gasteiger charge is 2.19. The lowest BCUT2D eigenvalue weighted by Gasteiger charge is -2.31. The second kappa shape index (κ2) is 6.91. The predicted octanol–water partition coefficient (Wildman–Crippen LogP) is 3.06. The number of rotatable bonds is 7. The molecule has 0 aliphatic rings. The molecule has 0 saturated carbocycles. The average Bonchev–Trinajstić information content (AvgIpc) is 2.38. The summed E-state index contributed by atoms with van der Waals surface area (Å²) in [5, 5.41) is 0. The van der Waals surface area contributed by atoms with E-state index in [1.54, 1.807) is 0 Å². The van der Waals surface area contributed by atoms with Crippen LogP contribution in [0.5, 0.6) is 0 Å². The lowest BCUT2D eigenvalue weighted by molar-refractivity contribution is 0.183. The van der Waals surface area contributed by atoms with E-state index < -0.39 is 0 Å². The van der Waals surface area contributed by atoms with Crippen molar-refractivity contribution < 1.29 is 0 Å². The predicted molar refractivity (Wildman–Crippen MR) is 79.6 cm³/mol. The van der Waals surface area contributed by atoms with Gasteiger partial charge in [-0.2, -0.15) is 0 Å². The fraction of sp³-hybridized carbons (Fsp3) is 0.625. The molecule has 0 unspecified atom stereocenters. The zero-order chi connectivity index (χ0) is 13.6. The highest BCUT2D eigenvalue weighted by molar-refractivity contribution is 5.22. The maximum atomic E-state index is 5.81. The lowest BCUT2D eigenvalue weighted by atomic mass is 9.93. The van der Waals surface area contributed by atoms with Crippen LogP contribution in [0.1, 0.15) is 38.8 Å². The standard InChI is InChI=1S/C16H28N2/c1-5-14-7-9-15(10-8-14)11-18(6-2)13-16(3,4)12-17/h7-10H,5-6,11-13,17H2,1-4H3. The summed E-state index contributed by atoms with van der Waals surface area (Å²) in [5.74, 6) is 0. The second-order valence-electron chi connectivity index (χ2n) is 5.84. The first-order valence-corrected chi connectivity index (χ1v) is 7.01. The van der Waals surface area contributed by atoms with Gasteiger partial charge < -0.3 is 5.73 Å². The van der Waals surface area contributed by atoms with E-state index in [1.165, 1.54) is 11.1 Å². The van der Waals surface area contributed by atoms with Gasteiger partial charge in [-0.15, -0.1) is 0 Å². The molecule has 0 saturated heterocycles. The lowest BCUT2D eigenvalue weighted by Crippen LogP contribution is -2.38. The first-order chi connectivity index (χ1) is 8.50. The molecule has 0 aromatic heterocycles. The quantitative estimate of drug-likeness (QED) is 0.803. The minimum Gasteiger partial charge on any atom is -0.330 e. The minimum absolute atomic E-state index is 0.194. The summed E-state index contributed by atoms with van der Waals surface area (Å²) < 4.78 is 0. The first-order valence-electron chi connectivity index (χ1n) is 7.01. The molecular weight excluding hydrogens is 220 g/mol. The molecule has 1 rings (SSSR count). The molecule has 0 radical (unpaired) electrons. The molecule has 0 atom stereocenters. The topological polar surface area (TPSA) is 29.3 Å². The van der Waals surface area contributed by atoms with Gasteiger partial charge in [-0.05, 0) is 36.1 Å². The molecule has 18 heavy (non-hydrogen) atoms. The number of aryl methyl sites for hydroxylation is 1. The molecule has 0 aliphatic heterocycles. The van der Waals surface area contributed by atoms with E-state index in [1.807, 2.05) is 0 Å². The summed E-state index contributed by atoms with van der Waals surface area (Å²) in [7, 11) is 0. The summed E-state index contributed by atoms with van der Waals surface area (Å²) in [5.41, 5.74) is 8.80.